The number of hydrogen-bond acceptors (Lipinski definition) is 4. The zero-order valence-corrected chi connectivity index (χ0v) is 14.0. The van der Waals surface area contributed by atoms with Crippen molar-refractivity contribution in [1.29, 1.82) is 0 Å². The molecule has 0 saturated carbocycles. The summed E-state index contributed by atoms with van der Waals surface area (Å²) in [4.78, 5) is 4.30. The van der Waals surface area contributed by atoms with Crippen molar-refractivity contribution in [2.45, 2.75) is 24.4 Å². The summed E-state index contributed by atoms with van der Waals surface area (Å²) in [6.45, 7) is 2.74. The van der Waals surface area contributed by atoms with E-state index in [1.807, 2.05) is 36.7 Å². The maximum Gasteiger partial charge on any atom is 0.191 e. The Kier molecular flexibility index (Phi) is 4.49. The molecule has 7 heteroatoms. The van der Waals surface area contributed by atoms with Gasteiger partial charge in [-0.05, 0) is 12.5 Å². The number of rotatable bonds is 5. The number of halogens is 1. The van der Waals surface area contributed by atoms with E-state index in [9.17, 15) is 0 Å². The van der Waals surface area contributed by atoms with E-state index in [0.29, 0.717) is 10.9 Å². The van der Waals surface area contributed by atoms with Crippen molar-refractivity contribution < 1.29 is 0 Å². The zero-order valence-electron chi connectivity index (χ0n) is 12.4. The smallest absolute Gasteiger partial charge is 0.191 e. The molecule has 0 bridgehead atoms. The highest BCUT2D eigenvalue weighted by Crippen LogP contribution is 2.23. The molecule has 0 amide bonds. The van der Waals surface area contributed by atoms with Crippen molar-refractivity contribution in [3.63, 3.8) is 0 Å². The molecule has 114 valence electrons. The van der Waals surface area contributed by atoms with Crippen LogP contribution >= 0.6 is 23.4 Å². The molecule has 3 rings (SSSR count). The molecule has 3 aromatic rings. The minimum atomic E-state index is 0.637. The van der Waals surface area contributed by atoms with Crippen LogP contribution in [0.5, 0.6) is 0 Å². The Balaban J connectivity index is 1.76. The summed E-state index contributed by atoms with van der Waals surface area (Å²) in [5, 5.41) is 9.99. The van der Waals surface area contributed by atoms with Gasteiger partial charge in [-0.1, -0.05) is 53.7 Å². The SMILES string of the molecule is Cc1nnc(SCc2ncc(Cl)n2C)n1Cc1ccccc1. The second-order valence-corrected chi connectivity index (χ2v) is 6.28. The van der Waals surface area contributed by atoms with Gasteiger partial charge in [0, 0.05) is 7.05 Å². The molecular formula is C15H16ClN5S. The van der Waals surface area contributed by atoms with Crippen LogP contribution in [0, 0.1) is 6.92 Å². The fraction of sp³-hybridized carbons (Fsp3) is 0.267. The monoisotopic (exact) mass is 333 g/mol. The summed E-state index contributed by atoms with van der Waals surface area (Å²) in [5.74, 6) is 2.53. The summed E-state index contributed by atoms with van der Waals surface area (Å²) in [6.07, 6.45) is 1.66. The standard InChI is InChI=1S/C15H16ClN5S/c1-11-18-19-15(21(11)9-12-6-4-3-5-7-12)22-10-14-17-8-13(16)20(14)2/h3-8H,9-10H2,1-2H3. The van der Waals surface area contributed by atoms with Gasteiger partial charge in [0.2, 0.25) is 0 Å². The normalized spacial score (nSPS) is 11.0. The summed E-state index contributed by atoms with van der Waals surface area (Å²) >= 11 is 7.63. The first-order chi connectivity index (χ1) is 10.6. The van der Waals surface area contributed by atoms with Gasteiger partial charge in [-0.25, -0.2) is 4.98 Å². The average Bonchev–Trinajstić information content (AvgIpc) is 3.03. The number of aromatic nitrogens is 5. The molecule has 0 fully saturated rings. The lowest BCUT2D eigenvalue weighted by Gasteiger charge is -2.08. The van der Waals surface area contributed by atoms with E-state index in [1.165, 1.54) is 5.56 Å². The summed E-state index contributed by atoms with van der Waals surface area (Å²) in [5.41, 5.74) is 1.23. The van der Waals surface area contributed by atoms with E-state index in [0.717, 1.165) is 23.4 Å². The van der Waals surface area contributed by atoms with Crippen LogP contribution in [0.2, 0.25) is 5.15 Å². The molecule has 0 atom stereocenters. The quantitative estimate of drug-likeness (QED) is 0.672. The van der Waals surface area contributed by atoms with Gasteiger partial charge in [0.1, 0.15) is 16.8 Å². The lowest BCUT2D eigenvalue weighted by atomic mass is 10.2. The Hall–Kier alpha value is -1.79. The minimum absolute atomic E-state index is 0.637. The molecular weight excluding hydrogens is 318 g/mol. The van der Waals surface area contributed by atoms with Gasteiger partial charge in [0.15, 0.2) is 5.16 Å². The summed E-state index contributed by atoms with van der Waals surface area (Å²) < 4.78 is 3.99. The summed E-state index contributed by atoms with van der Waals surface area (Å²) in [7, 11) is 1.91. The van der Waals surface area contributed by atoms with Gasteiger partial charge >= 0.3 is 0 Å². The molecule has 0 aliphatic carbocycles. The summed E-state index contributed by atoms with van der Waals surface area (Å²) in [6, 6.07) is 10.3. The highest BCUT2D eigenvalue weighted by atomic mass is 35.5. The van der Waals surface area contributed by atoms with Crippen LogP contribution in [0.1, 0.15) is 17.2 Å². The third-order valence-corrected chi connectivity index (χ3v) is 4.76. The van der Waals surface area contributed by atoms with Crippen LogP contribution in [0.4, 0.5) is 0 Å². The first-order valence-electron chi connectivity index (χ1n) is 6.88. The fourth-order valence-electron chi connectivity index (χ4n) is 2.10. The zero-order chi connectivity index (χ0) is 15.5. The first-order valence-corrected chi connectivity index (χ1v) is 8.24. The highest BCUT2D eigenvalue weighted by molar-refractivity contribution is 7.98. The largest absolute Gasteiger partial charge is 0.322 e. The topological polar surface area (TPSA) is 48.5 Å². The van der Waals surface area contributed by atoms with Gasteiger partial charge < -0.3 is 9.13 Å². The van der Waals surface area contributed by atoms with Crippen molar-refractivity contribution >= 4 is 23.4 Å². The van der Waals surface area contributed by atoms with Gasteiger partial charge in [-0.3, -0.25) is 0 Å². The molecule has 0 spiro atoms. The third kappa shape index (κ3) is 3.18. The number of benzene rings is 1. The van der Waals surface area contributed by atoms with E-state index < -0.39 is 0 Å². The van der Waals surface area contributed by atoms with Crippen LogP contribution in [0.3, 0.4) is 0 Å². The Bertz CT molecular complexity index is 766. The Morgan fingerprint density at radius 1 is 1.18 bits per heavy atom. The van der Waals surface area contributed by atoms with E-state index in [-0.39, 0.29) is 0 Å². The van der Waals surface area contributed by atoms with Crippen molar-refractivity contribution in [3.8, 4) is 0 Å². The molecule has 1 aromatic carbocycles. The van der Waals surface area contributed by atoms with Crippen LogP contribution < -0.4 is 0 Å². The molecule has 22 heavy (non-hydrogen) atoms. The maximum atomic E-state index is 6.01. The molecule has 2 aromatic heterocycles. The molecule has 0 saturated heterocycles. The van der Waals surface area contributed by atoms with Crippen molar-refractivity contribution in [2.24, 2.45) is 7.05 Å². The van der Waals surface area contributed by atoms with Crippen LogP contribution in [0.15, 0.2) is 41.7 Å². The lowest BCUT2D eigenvalue weighted by molar-refractivity contribution is 0.687. The predicted octanol–water partition coefficient (Wildman–Crippen LogP) is 3.31. The van der Waals surface area contributed by atoms with Gasteiger partial charge in [-0.2, -0.15) is 0 Å². The average molecular weight is 334 g/mol. The molecule has 0 aliphatic rings. The van der Waals surface area contributed by atoms with Crippen LogP contribution in [-0.4, -0.2) is 24.3 Å². The Labute approximate surface area is 138 Å². The van der Waals surface area contributed by atoms with Gasteiger partial charge in [0.25, 0.3) is 0 Å². The molecule has 0 aliphatic heterocycles. The van der Waals surface area contributed by atoms with E-state index >= 15 is 0 Å². The minimum Gasteiger partial charge on any atom is -0.322 e. The van der Waals surface area contributed by atoms with Gasteiger partial charge in [0.05, 0.1) is 18.5 Å². The fourth-order valence-corrected chi connectivity index (χ4v) is 3.23. The van der Waals surface area contributed by atoms with E-state index in [4.69, 9.17) is 11.6 Å². The van der Waals surface area contributed by atoms with Crippen LogP contribution in [0.25, 0.3) is 0 Å². The first kappa shape index (κ1) is 15.1. The van der Waals surface area contributed by atoms with E-state index in [1.54, 1.807) is 18.0 Å². The Morgan fingerprint density at radius 2 is 1.95 bits per heavy atom. The third-order valence-electron chi connectivity index (χ3n) is 3.44. The number of nitrogens with zero attached hydrogens (tertiary/aromatic N) is 5. The molecule has 2 heterocycles. The second kappa shape index (κ2) is 6.54. The van der Waals surface area contributed by atoms with Crippen molar-refractivity contribution in [3.05, 3.63) is 58.9 Å². The number of imidazole rings is 1. The molecule has 0 radical (unpaired) electrons. The van der Waals surface area contributed by atoms with Crippen molar-refractivity contribution in [1.82, 2.24) is 24.3 Å². The molecule has 0 unspecified atom stereocenters. The van der Waals surface area contributed by atoms with E-state index in [2.05, 4.69) is 31.9 Å². The molecule has 0 N–H and O–H groups in total. The second-order valence-electron chi connectivity index (χ2n) is 4.95. The lowest BCUT2D eigenvalue weighted by Crippen LogP contribution is -2.04. The number of thioether (sulfide) groups is 1. The van der Waals surface area contributed by atoms with Crippen molar-refractivity contribution in [2.75, 3.05) is 0 Å². The number of hydrogen-bond donors (Lipinski definition) is 0. The van der Waals surface area contributed by atoms with Gasteiger partial charge in [-0.15, -0.1) is 10.2 Å². The predicted molar refractivity (Wildman–Crippen MR) is 88.1 cm³/mol. The number of aryl methyl sites for hydroxylation is 1. The Morgan fingerprint density at radius 3 is 2.64 bits per heavy atom. The highest BCUT2D eigenvalue weighted by Gasteiger charge is 2.12. The van der Waals surface area contributed by atoms with Crippen LogP contribution in [-0.2, 0) is 19.3 Å². The maximum absolute atomic E-state index is 6.01. The molecule has 5 nitrogen and oxygen atoms in total.